The van der Waals surface area contributed by atoms with Crippen LogP contribution in [0.5, 0.6) is 0 Å². The average molecular weight is 241 g/mol. The molecule has 1 unspecified atom stereocenters. The van der Waals surface area contributed by atoms with Crippen molar-refractivity contribution in [2.45, 2.75) is 63.6 Å². The third kappa shape index (κ3) is 3.43. The highest BCUT2D eigenvalue weighted by Crippen LogP contribution is 2.43. The van der Waals surface area contributed by atoms with E-state index in [1.165, 1.54) is 38.5 Å². The second kappa shape index (κ2) is 6.17. The van der Waals surface area contributed by atoms with E-state index < -0.39 is 0 Å². The lowest BCUT2D eigenvalue weighted by Crippen LogP contribution is -2.36. The molecule has 0 aromatic rings. The standard InChI is InChI=1S/C14H27NO2/c1-2-9-15(10-11-16)12-13-5-8-14(17-13)6-3-4-7-14/h13,16H,2-12H2,1H3. The Kier molecular flexibility index (Phi) is 4.83. The smallest absolute Gasteiger partial charge is 0.0710 e. The summed E-state index contributed by atoms with van der Waals surface area (Å²) in [5.41, 5.74) is 0.252. The van der Waals surface area contributed by atoms with E-state index in [2.05, 4.69) is 11.8 Å². The van der Waals surface area contributed by atoms with E-state index in [0.717, 1.165) is 26.1 Å². The molecular weight excluding hydrogens is 214 g/mol. The minimum atomic E-state index is 0.252. The van der Waals surface area contributed by atoms with Crippen molar-refractivity contribution in [2.24, 2.45) is 0 Å². The summed E-state index contributed by atoms with van der Waals surface area (Å²) in [6.45, 7) is 5.33. The fraction of sp³-hybridized carbons (Fsp3) is 1.00. The maximum absolute atomic E-state index is 9.06. The highest BCUT2D eigenvalue weighted by molar-refractivity contribution is 4.93. The number of hydrogen-bond acceptors (Lipinski definition) is 3. The van der Waals surface area contributed by atoms with Gasteiger partial charge in [-0.25, -0.2) is 0 Å². The van der Waals surface area contributed by atoms with Crippen LogP contribution in [0, 0.1) is 0 Å². The van der Waals surface area contributed by atoms with Gasteiger partial charge in [-0.1, -0.05) is 19.8 Å². The van der Waals surface area contributed by atoms with Crippen LogP contribution in [0.4, 0.5) is 0 Å². The molecule has 3 nitrogen and oxygen atoms in total. The summed E-state index contributed by atoms with van der Waals surface area (Å²) in [5, 5.41) is 9.06. The van der Waals surface area contributed by atoms with Crippen molar-refractivity contribution < 1.29 is 9.84 Å². The molecule has 1 spiro atoms. The summed E-state index contributed by atoms with van der Waals surface area (Å²) >= 11 is 0. The molecule has 2 rings (SSSR count). The van der Waals surface area contributed by atoms with Crippen LogP contribution in [0.15, 0.2) is 0 Å². The second-order valence-electron chi connectivity index (χ2n) is 5.69. The van der Waals surface area contributed by atoms with E-state index in [0.29, 0.717) is 6.10 Å². The summed E-state index contributed by atoms with van der Waals surface area (Å²) in [7, 11) is 0. The SMILES string of the molecule is CCCN(CCO)CC1CCC2(CCCC2)O1. The molecule has 2 fully saturated rings. The highest BCUT2D eigenvalue weighted by atomic mass is 16.5. The molecule has 2 aliphatic rings. The first-order chi connectivity index (χ1) is 8.28. The molecular formula is C14H27NO2. The number of hydrogen-bond donors (Lipinski definition) is 1. The van der Waals surface area contributed by atoms with Crippen molar-refractivity contribution in [1.82, 2.24) is 4.90 Å². The first-order valence-corrected chi connectivity index (χ1v) is 7.29. The Morgan fingerprint density at radius 1 is 1.24 bits per heavy atom. The van der Waals surface area contributed by atoms with Crippen LogP contribution < -0.4 is 0 Å². The van der Waals surface area contributed by atoms with Crippen LogP contribution in [0.25, 0.3) is 0 Å². The molecule has 1 N–H and O–H groups in total. The minimum absolute atomic E-state index is 0.252. The Hall–Kier alpha value is -0.120. The molecule has 1 heterocycles. The molecule has 0 radical (unpaired) electrons. The molecule has 0 aromatic carbocycles. The lowest BCUT2D eigenvalue weighted by atomic mass is 9.98. The van der Waals surface area contributed by atoms with Crippen molar-refractivity contribution >= 4 is 0 Å². The number of ether oxygens (including phenoxy) is 1. The molecule has 1 aliphatic carbocycles. The maximum atomic E-state index is 9.06. The van der Waals surface area contributed by atoms with Gasteiger partial charge in [0.25, 0.3) is 0 Å². The predicted octanol–water partition coefficient (Wildman–Crippen LogP) is 2.18. The highest BCUT2D eigenvalue weighted by Gasteiger charge is 2.42. The van der Waals surface area contributed by atoms with E-state index in [1.54, 1.807) is 0 Å². The van der Waals surface area contributed by atoms with Gasteiger partial charge in [0.15, 0.2) is 0 Å². The van der Waals surface area contributed by atoms with E-state index in [9.17, 15) is 0 Å². The molecule has 0 bridgehead atoms. The van der Waals surface area contributed by atoms with Gasteiger partial charge >= 0.3 is 0 Å². The number of aliphatic hydroxyl groups excluding tert-OH is 1. The number of nitrogens with zero attached hydrogens (tertiary/aromatic N) is 1. The van der Waals surface area contributed by atoms with Crippen LogP contribution in [-0.2, 0) is 4.74 Å². The van der Waals surface area contributed by atoms with Crippen LogP contribution in [0.1, 0.15) is 51.9 Å². The Bertz CT molecular complexity index is 220. The Morgan fingerprint density at radius 3 is 2.65 bits per heavy atom. The van der Waals surface area contributed by atoms with Crippen molar-refractivity contribution in [3.05, 3.63) is 0 Å². The van der Waals surface area contributed by atoms with Gasteiger partial charge in [-0.15, -0.1) is 0 Å². The van der Waals surface area contributed by atoms with Crippen LogP contribution >= 0.6 is 0 Å². The zero-order valence-corrected chi connectivity index (χ0v) is 11.2. The predicted molar refractivity (Wildman–Crippen MR) is 69.1 cm³/mol. The van der Waals surface area contributed by atoms with Crippen LogP contribution in [0.2, 0.25) is 0 Å². The van der Waals surface area contributed by atoms with Crippen molar-refractivity contribution in [3.63, 3.8) is 0 Å². The zero-order chi connectivity index (χ0) is 12.1. The van der Waals surface area contributed by atoms with Crippen LogP contribution in [-0.4, -0.2) is 48.0 Å². The summed E-state index contributed by atoms with van der Waals surface area (Å²) in [4.78, 5) is 2.35. The quantitative estimate of drug-likeness (QED) is 0.773. The minimum Gasteiger partial charge on any atom is -0.395 e. The fourth-order valence-electron chi connectivity index (χ4n) is 3.45. The fourth-order valence-corrected chi connectivity index (χ4v) is 3.45. The maximum Gasteiger partial charge on any atom is 0.0710 e. The first-order valence-electron chi connectivity index (χ1n) is 7.29. The van der Waals surface area contributed by atoms with E-state index >= 15 is 0 Å². The Labute approximate surface area is 105 Å². The van der Waals surface area contributed by atoms with Crippen molar-refractivity contribution in [3.8, 4) is 0 Å². The molecule has 0 aromatic heterocycles. The van der Waals surface area contributed by atoms with Crippen molar-refractivity contribution in [2.75, 3.05) is 26.2 Å². The zero-order valence-electron chi connectivity index (χ0n) is 11.2. The van der Waals surface area contributed by atoms with Crippen molar-refractivity contribution in [1.29, 1.82) is 0 Å². The summed E-state index contributed by atoms with van der Waals surface area (Å²) in [6.07, 6.45) is 9.28. The van der Waals surface area contributed by atoms with Gasteiger partial charge in [-0.2, -0.15) is 0 Å². The second-order valence-corrected chi connectivity index (χ2v) is 5.69. The lowest BCUT2D eigenvalue weighted by Gasteiger charge is -2.27. The topological polar surface area (TPSA) is 32.7 Å². The van der Waals surface area contributed by atoms with Gasteiger partial charge < -0.3 is 9.84 Å². The average Bonchev–Trinajstić information content (AvgIpc) is 2.91. The molecule has 1 atom stereocenters. The molecule has 17 heavy (non-hydrogen) atoms. The molecule has 0 amide bonds. The molecule has 3 heteroatoms. The third-order valence-electron chi connectivity index (χ3n) is 4.27. The molecule has 100 valence electrons. The lowest BCUT2D eigenvalue weighted by molar-refractivity contribution is -0.0481. The molecule has 1 saturated heterocycles. The van der Waals surface area contributed by atoms with Gasteiger partial charge in [0.05, 0.1) is 18.3 Å². The van der Waals surface area contributed by atoms with Gasteiger partial charge in [0.1, 0.15) is 0 Å². The molecule has 1 aliphatic heterocycles. The van der Waals surface area contributed by atoms with Crippen LogP contribution in [0.3, 0.4) is 0 Å². The summed E-state index contributed by atoms with van der Waals surface area (Å²) in [6, 6.07) is 0. The molecule has 1 saturated carbocycles. The normalized spacial score (nSPS) is 27.4. The number of rotatable bonds is 6. The Balaban J connectivity index is 1.79. The van der Waals surface area contributed by atoms with E-state index in [4.69, 9.17) is 9.84 Å². The largest absolute Gasteiger partial charge is 0.395 e. The van der Waals surface area contributed by atoms with Gasteiger partial charge in [-0.05, 0) is 38.6 Å². The summed E-state index contributed by atoms with van der Waals surface area (Å²) < 4.78 is 6.31. The van der Waals surface area contributed by atoms with Gasteiger partial charge in [0.2, 0.25) is 0 Å². The van der Waals surface area contributed by atoms with Gasteiger partial charge in [-0.3, -0.25) is 4.90 Å². The first kappa shape index (κ1) is 13.3. The van der Waals surface area contributed by atoms with Gasteiger partial charge in [0, 0.05) is 13.1 Å². The third-order valence-corrected chi connectivity index (χ3v) is 4.27. The summed E-state index contributed by atoms with van der Waals surface area (Å²) in [5.74, 6) is 0. The Morgan fingerprint density at radius 2 is 2.00 bits per heavy atom. The number of aliphatic hydroxyl groups is 1. The van der Waals surface area contributed by atoms with E-state index in [-0.39, 0.29) is 12.2 Å². The monoisotopic (exact) mass is 241 g/mol. The van der Waals surface area contributed by atoms with E-state index in [1.807, 2.05) is 0 Å².